The van der Waals surface area contributed by atoms with Crippen LogP contribution < -0.4 is 5.11 Å². The van der Waals surface area contributed by atoms with Crippen LogP contribution in [0, 0.1) is 11.3 Å². The standard InChI is InChI=1S/C12H7NO2/c13-7-9-6-5-8-3-1-2-4-10(8)11(9)12(14)15/h1-6H,(H,14,15)/p-1. The molecule has 15 heavy (non-hydrogen) atoms. The highest BCUT2D eigenvalue weighted by molar-refractivity contribution is 6.04. The zero-order valence-corrected chi connectivity index (χ0v) is 7.73. The van der Waals surface area contributed by atoms with Crippen LogP contribution in [0.4, 0.5) is 0 Å². The van der Waals surface area contributed by atoms with Crippen molar-refractivity contribution in [3.8, 4) is 6.07 Å². The summed E-state index contributed by atoms with van der Waals surface area (Å²) in [5, 5.41) is 21.0. The van der Waals surface area contributed by atoms with Gasteiger partial charge in [0.15, 0.2) is 0 Å². The van der Waals surface area contributed by atoms with Gasteiger partial charge in [-0.15, -0.1) is 0 Å². The fourth-order valence-electron chi connectivity index (χ4n) is 1.58. The molecule has 0 saturated carbocycles. The molecule has 0 aliphatic heterocycles. The number of carbonyl (C=O) groups is 1. The summed E-state index contributed by atoms with van der Waals surface area (Å²) in [5.74, 6) is -1.32. The lowest BCUT2D eigenvalue weighted by molar-refractivity contribution is -0.254. The molecule has 0 fully saturated rings. The molecule has 2 aromatic rings. The van der Waals surface area contributed by atoms with Gasteiger partial charge in [-0.3, -0.25) is 0 Å². The van der Waals surface area contributed by atoms with Crippen molar-refractivity contribution in [1.82, 2.24) is 0 Å². The number of rotatable bonds is 1. The lowest BCUT2D eigenvalue weighted by atomic mass is 10.00. The van der Waals surface area contributed by atoms with Gasteiger partial charge >= 0.3 is 0 Å². The second-order valence-electron chi connectivity index (χ2n) is 3.11. The van der Waals surface area contributed by atoms with Crippen LogP contribution in [0.25, 0.3) is 10.8 Å². The van der Waals surface area contributed by atoms with E-state index in [-0.39, 0.29) is 11.1 Å². The Labute approximate surface area is 86.2 Å². The van der Waals surface area contributed by atoms with Crippen LogP contribution >= 0.6 is 0 Å². The Hall–Kier alpha value is -2.34. The molecule has 0 atom stereocenters. The summed E-state index contributed by atoms with van der Waals surface area (Å²) in [5.41, 5.74) is 0.101. The third kappa shape index (κ3) is 1.42. The molecule has 0 bridgehead atoms. The van der Waals surface area contributed by atoms with Gasteiger partial charge in [-0.25, -0.2) is 0 Å². The van der Waals surface area contributed by atoms with Crippen molar-refractivity contribution >= 4 is 16.7 Å². The van der Waals surface area contributed by atoms with Crippen molar-refractivity contribution in [2.24, 2.45) is 0 Å². The summed E-state index contributed by atoms with van der Waals surface area (Å²) >= 11 is 0. The molecule has 0 spiro atoms. The Kier molecular flexibility index (Phi) is 2.11. The minimum atomic E-state index is -1.32. The zero-order valence-electron chi connectivity index (χ0n) is 7.73. The first-order valence-electron chi connectivity index (χ1n) is 4.37. The summed E-state index contributed by atoms with van der Waals surface area (Å²) in [6.45, 7) is 0. The molecule has 0 aliphatic rings. The van der Waals surface area contributed by atoms with Gasteiger partial charge < -0.3 is 9.90 Å². The second-order valence-corrected chi connectivity index (χ2v) is 3.11. The number of carboxylic acid groups (broad SMARTS) is 1. The summed E-state index contributed by atoms with van der Waals surface area (Å²) in [6, 6.07) is 12.1. The number of nitrogens with zero attached hydrogens (tertiary/aromatic N) is 1. The van der Waals surface area contributed by atoms with E-state index in [1.165, 1.54) is 6.07 Å². The van der Waals surface area contributed by atoms with Gasteiger partial charge in [0, 0.05) is 5.56 Å². The lowest BCUT2D eigenvalue weighted by Gasteiger charge is -2.08. The van der Waals surface area contributed by atoms with E-state index in [2.05, 4.69) is 0 Å². The van der Waals surface area contributed by atoms with Gasteiger partial charge in [0.2, 0.25) is 0 Å². The van der Waals surface area contributed by atoms with E-state index < -0.39 is 5.97 Å². The Bertz CT molecular complexity index is 582. The second kappa shape index (κ2) is 3.43. The third-order valence-corrected chi connectivity index (χ3v) is 2.25. The molecule has 0 N–H and O–H groups in total. The van der Waals surface area contributed by atoms with Crippen LogP contribution in [0.3, 0.4) is 0 Å². The van der Waals surface area contributed by atoms with Gasteiger partial charge in [-0.05, 0) is 16.8 Å². The Morgan fingerprint density at radius 1 is 1.20 bits per heavy atom. The highest BCUT2D eigenvalue weighted by atomic mass is 16.4. The predicted molar refractivity (Wildman–Crippen MR) is 53.0 cm³/mol. The normalized spacial score (nSPS) is 9.80. The molecule has 0 saturated heterocycles. The van der Waals surface area contributed by atoms with Crippen LogP contribution in [-0.4, -0.2) is 5.97 Å². The molecule has 0 heterocycles. The fraction of sp³-hybridized carbons (Fsp3) is 0. The molecule has 2 rings (SSSR count). The van der Waals surface area contributed by atoms with E-state index in [1.807, 2.05) is 12.1 Å². The van der Waals surface area contributed by atoms with E-state index >= 15 is 0 Å². The average molecular weight is 196 g/mol. The van der Waals surface area contributed by atoms with Gasteiger partial charge in [-0.2, -0.15) is 5.26 Å². The maximum absolute atomic E-state index is 10.9. The van der Waals surface area contributed by atoms with Crippen LogP contribution in [0.1, 0.15) is 15.9 Å². The first-order valence-corrected chi connectivity index (χ1v) is 4.37. The van der Waals surface area contributed by atoms with E-state index in [1.54, 1.807) is 24.3 Å². The quantitative estimate of drug-likeness (QED) is 0.685. The van der Waals surface area contributed by atoms with Crippen LogP contribution in [0.15, 0.2) is 36.4 Å². The number of carboxylic acids is 1. The molecule has 0 radical (unpaired) electrons. The van der Waals surface area contributed by atoms with E-state index in [9.17, 15) is 9.90 Å². The molecule has 0 unspecified atom stereocenters. The van der Waals surface area contributed by atoms with Gasteiger partial charge in [0.1, 0.15) is 0 Å². The number of hydrogen-bond donors (Lipinski definition) is 0. The first-order chi connectivity index (χ1) is 7.24. The monoisotopic (exact) mass is 196 g/mol. The van der Waals surface area contributed by atoms with Crippen molar-refractivity contribution in [2.75, 3.05) is 0 Å². The van der Waals surface area contributed by atoms with E-state index in [0.29, 0.717) is 5.39 Å². The summed E-state index contributed by atoms with van der Waals surface area (Å²) in [7, 11) is 0. The number of aromatic carboxylic acids is 1. The Morgan fingerprint density at radius 3 is 2.60 bits per heavy atom. The summed E-state index contributed by atoms with van der Waals surface area (Å²) < 4.78 is 0. The highest BCUT2D eigenvalue weighted by Gasteiger charge is 2.07. The SMILES string of the molecule is N#Cc1ccc2ccccc2c1C(=O)[O-]. The molecular formula is C12H6NO2-. The third-order valence-electron chi connectivity index (χ3n) is 2.25. The number of carbonyl (C=O) groups excluding carboxylic acids is 1. The number of hydrogen-bond acceptors (Lipinski definition) is 3. The van der Waals surface area contributed by atoms with Gasteiger partial charge in [0.25, 0.3) is 0 Å². The van der Waals surface area contributed by atoms with Crippen molar-refractivity contribution in [2.45, 2.75) is 0 Å². The van der Waals surface area contributed by atoms with Gasteiger partial charge in [0.05, 0.1) is 17.6 Å². The molecule has 72 valence electrons. The highest BCUT2D eigenvalue weighted by Crippen LogP contribution is 2.21. The Balaban J connectivity index is 2.92. The molecule has 0 amide bonds. The molecular weight excluding hydrogens is 190 g/mol. The van der Waals surface area contributed by atoms with Crippen molar-refractivity contribution in [1.29, 1.82) is 5.26 Å². The van der Waals surface area contributed by atoms with Crippen LogP contribution in [0.5, 0.6) is 0 Å². The summed E-state index contributed by atoms with van der Waals surface area (Å²) in [4.78, 5) is 10.9. The predicted octanol–water partition coefficient (Wildman–Crippen LogP) is 1.07. The van der Waals surface area contributed by atoms with Crippen molar-refractivity contribution in [3.63, 3.8) is 0 Å². The van der Waals surface area contributed by atoms with Crippen molar-refractivity contribution in [3.05, 3.63) is 47.5 Å². The smallest absolute Gasteiger partial charge is 0.0998 e. The first kappa shape index (κ1) is 9.22. The molecule has 0 aliphatic carbocycles. The minimum Gasteiger partial charge on any atom is -0.545 e. The Morgan fingerprint density at radius 2 is 1.93 bits per heavy atom. The van der Waals surface area contributed by atoms with Crippen LogP contribution in [0.2, 0.25) is 0 Å². The number of nitriles is 1. The van der Waals surface area contributed by atoms with Crippen molar-refractivity contribution < 1.29 is 9.90 Å². The van der Waals surface area contributed by atoms with E-state index in [0.717, 1.165) is 5.39 Å². The molecule has 3 heteroatoms. The lowest BCUT2D eigenvalue weighted by Crippen LogP contribution is -2.23. The topological polar surface area (TPSA) is 63.9 Å². The molecule has 2 aromatic carbocycles. The van der Waals surface area contributed by atoms with Gasteiger partial charge in [-0.1, -0.05) is 30.3 Å². The average Bonchev–Trinajstić information content (AvgIpc) is 2.27. The van der Waals surface area contributed by atoms with E-state index in [4.69, 9.17) is 5.26 Å². The largest absolute Gasteiger partial charge is 0.545 e. The fourth-order valence-corrected chi connectivity index (χ4v) is 1.58. The maximum Gasteiger partial charge on any atom is 0.0998 e. The molecule has 0 aromatic heterocycles. The molecule has 3 nitrogen and oxygen atoms in total. The summed E-state index contributed by atoms with van der Waals surface area (Å²) in [6.07, 6.45) is 0. The number of benzene rings is 2. The number of fused-ring (bicyclic) bond motifs is 1. The maximum atomic E-state index is 10.9. The zero-order chi connectivity index (χ0) is 10.8. The minimum absolute atomic E-state index is 0.0319. The van der Waals surface area contributed by atoms with Crippen LogP contribution in [-0.2, 0) is 0 Å².